The van der Waals surface area contributed by atoms with Gasteiger partial charge in [-0.25, -0.2) is 0 Å². The van der Waals surface area contributed by atoms with Crippen LogP contribution in [0.15, 0.2) is 59.1 Å². The van der Waals surface area contributed by atoms with E-state index in [-0.39, 0.29) is 0 Å². The van der Waals surface area contributed by atoms with E-state index in [1.165, 1.54) is 5.56 Å². The van der Waals surface area contributed by atoms with Crippen LogP contribution in [0, 0.1) is 5.92 Å². The quantitative estimate of drug-likeness (QED) is 0.717. The molecule has 0 heterocycles. The lowest BCUT2D eigenvalue weighted by atomic mass is 9.95. The zero-order chi connectivity index (χ0) is 14.9. The molecule has 0 fully saturated rings. The van der Waals surface area contributed by atoms with Crippen LogP contribution in [0.5, 0.6) is 5.75 Å². The fourth-order valence-corrected chi connectivity index (χ4v) is 2.60. The van der Waals surface area contributed by atoms with Crippen molar-refractivity contribution in [3.05, 3.63) is 64.6 Å². The molecule has 0 spiro atoms. The molecular formula is C18H22BrNO. The van der Waals surface area contributed by atoms with Gasteiger partial charge in [0.2, 0.25) is 0 Å². The average molecular weight is 348 g/mol. The summed E-state index contributed by atoms with van der Waals surface area (Å²) in [5, 5.41) is 0. The molecule has 0 aliphatic rings. The second-order valence-electron chi connectivity index (χ2n) is 5.24. The lowest BCUT2D eigenvalue weighted by Crippen LogP contribution is -2.17. The Morgan fingerprint density at radius 3 is 2.38 bits per heavy atom. The topological polar surface area (TPSA) is 35.2 Å². The van der Waals surface area contributed by atoms with Crippen LogP contribution >= 0.6 is 15.9 Å². The van der Waals surface area contributed by atoms with E-state index >= 15 is 0 Å². The fraction of sp³-hybridized carbons (Fsp3) is 0.333. The summed E-state index contributed by atoms with van der Waals surface area (Å²) >= 11 is 3.46. The van der Waals surface area contributed by atoms with Gasteiger partial charge in [0.15, 0.2) is 0 Å². The Hall–Kier alpha value is -1.32. The minimum atomic E-state index is 0.519. The molecule has 0 aromatic heterocycles. The summed E-state index contributed by atoms with van der Waals surface area (Å²) in [7, 11) is 0. The van der Waals surface area contributed by atoms with Gasteiger partial charge in [0.25, 0.3) is 0 Å². The Morgan fingerprint density at radius 1 is 1.00 bits per heavy atom. The SMILES string of the molecule is NCC(CCCOc1ccccc1)Cc1ccc(Br)cc1. The van der Waals surface area contributed by atoms with Gasteiger partial charge in [0.1, 0.15) is 5.75 Å². The van der Waals surface area contributed by atoms with E-state index in [9.17, 15) is 0 Å². The molecule has 0 saturated heterocycles. The molecule has 2 aromatic rings. The summed E-state index contributed by atoms with van der Waals surface area (Å²) in [6.07, 6.45) is 3.17. The van der Waals surface area contributed by atoms with Crippen LogP contribution in [-0.2, 0) is 6.42 Å². The van der Waals surface area contributed by atoms with Crippen molar-refractivity contribution in [2.75, 3.05) is 13.2 Å². The van der Waals surface area contributed by atoms with Gasteiger partial charge in [0.05, 0.1) is 6.61 Å². The van der Waals surface area contributed by atoms with Crippen LogP contribution in [0.3, 0.4) is 0 Å². The highest BCUT2D eigenvalue weighted by Crippen LogP contribution is 2.17. The molecule has 2 aromatic carbocycles. The van der Waals surface area contributed by atoms with Gasteiger partial charge in [0, 0.05) is 4.47 Å². The Balaban J connectivity index is 1.71. The van der Waals surface area contributed by atoms with Crippen LogP contribution in [0.4, 0.5) is 0 Å². The smallest absolute Gasteiger partial charge is 0.119 e. The molecule has 2 rings (SSSR count). The second-order valence-corrected chi connectivity index (χ2v) is 6.15. The molecular weight excluding hydrogens is 326 g/mol. The summed E-state index contributed by atoms with van der Waals surface area (Å²) < 4.78 is 6.84. The highest BCUT2D eigenvalue weighted by molar-refractivity contribution is 9.10. The van der Waals surface area contributed by atoms with Crippen molar-refractivity contribution >= 4 is 15.9 Å². The van der Waals surface area contributed by atoms with Crippen molar-refractivity contribution in [2.45, 2.75) is 19.3 Å². The summed E-state index contributed by atoms with van der Waals surface area (Å²) in [6.45, 7) is 1.47. The van der Waals surface area contributed by atoms with Crippen LogP contribution in [0.2, 0.25) is 0 Å². The number of benzene rings is 2. The van der Waals surface area contributed by atoms with E-state index in [4.69, 9.17) is 10.5 Å². The normalized spacial score (nSPS) is 12.1. The number of halogens is 1. The predicted octanol–water partition coefficient (Wildman–Crippen LogP) is 4.43. The zero-order valence-electron chi connectivity index (χ0n) is 12.2. The fourth-order valence-electron chi connectivity index (χ4n) is 2.34. The molecule has 0 aliphatic carbocycles. The third kappa shape index (κ3) is 5.90. The van der Waals surface area contributed by atoms with Gasteiger partial charge < -0.3 is 10.5 Å². The molecule has 2 N–H and O–H groups in total. The molecule has 0 amide bonds. The zero-order valence-corrected chi connectivity index (χ0v) is 13.8. The summed E-state index contributed by atoms with van der Waals surface area (Å²) in [6, 6.07) is 18.4. The van der Waals surface area contributed by atoms with Gasteiger partial charge in [-0.2, -0.15) is 0 Å². The maximum Gasteiger partial charge on any atom is 0.119 e. The number of ether oxygens (including phenoxy) is 1. The summed E-state index contributed by atoms with van der Waals surface area (Å²) in [4.78, 5) is 0. The van der Waals surface area contributed by atoms with Gasteiger partial charge in [-0.05, 0) is 61.6 Å². The van der Waals surface area contributed by atoms with E-state index < -0.39 is 0 Å². The Labute approximate surface area is 135 Å². The van der Waals surface area contributed by atoms with E-state index in [2.05, 4.69) is 40.2 Å². The predicted molar refractivity (Wildman–Crippen MR) is 91.6 cm³/mol. The second kappa shape index (κ2) is 8.85. The lowest BCUT2D eigenvalue weighted by molar-refractivity contribution is 0.292. The summed E-state index contributed by atoms with van der Waals surface area (Å²) in [5.74, 6) is 1.46. The van der Waals surface area contributed by atoms with E-state index in [0.29, 0.717) is 5.92 Å². The van der Waals surface area contributed by atoms with Crippen molar-refractivity contribution in [1.82, 2.24) is 0 Å². The van der Waals surface area contributed by atoms with Crippen molar-refractivity contribution in [3.63, 3.8) is 0 Å². The monoisotopic (exact) mass is 347 g/mol. The Kier molecular flexibility index (Phi) is 6.77. The van der Waals surface area contributed by atoms with Gasteiger partial charge in [-0.3, -0.25) is 0 Å². The molecule has 0 aliphatic heterocycles. The molecule has 0 bridgehead atoms. The lowest BCUT2D eigenvalue weighted by Gasteiger charge is -2.15. The van der Waals surface area contributed by atoms with Crippen molar-refractivity contribution < 1.29 is 4.74 Å². The number of rotatable bonds is 8. The van der Waals surface area contributed by atoms with E-state index in [0.717, 1.165) is 42.6 Å². The highest BCUT2D eigenvalue weighted by atomic mass is 79.9. The molecule has 3 heteroatoms. The minimum absolute atomic E-state index is 0.519. The maximum absolute atomic E-state index is 5.89. The van der Waals surface area contributed by atoms with Crippen molar-refractivity contribution in [1.29, 1.82) is 0 Å². The Morgan fingerprint density at radius 2 is 1.71 bits per heavy atom. The summed E-state index contributed by atoms with van der Waals surface area (Å²) in [5.41, 5.74) is 7.24. The van der Waals surface area contributed by atoms with Gasteiger partial charge in [-0.1, -0.05) is 46.3 Å². The van der Waals surface area contributed by atoms with E-state index in [1.807, 2.05) is 30.3 Å². The molecule has 21 heavy (non-hydrogen) atoms. The van der Waals surface area contributed by atoms with Crippen LogP contribution in [-0.4, -0.2) is 13.2 Å². The third-order valence-electron chi connectivity index (χ3n) is 3.54. The molecule has 2 nitrogen and oxygen atoms in total. The van der Waals surface area contributed by atoms with Crippen LogP contribution in [0.1, 0.15) is 18.4 Å². The van der Waals surface area contributed by atoms with Crippen LogP contribution < -0.4 is 10.5 Å². The first-order valence-electron chi connectivity index (χ1n) is 7.40. The number of para-hydroxylation sites is 1. The number of nitrogens with two attached hydrogens (primary N) is 1. The molecule has 0 radical (unpaired) electrons. The minimum Gasteiger partial charge on any atom is -0.494 e. The first kappa shape index (κ1) is 16.1. The Bertz CT molecular complexity index is 513. The molecule has 0 saturated carbocycles. The van der Waals surface area contributed by atoms with Gasteiger partial charge in [-0.15, -0.1) is 0 Å². The first-order chi connectivity index (χ1) is 10.3. The molecule has 112 valence electrons. The van der Waals surface area contributed by atoms with Crippen LogP contribution in [0.25, 0.3) is 0 Å². The maximum atomic E-state index is 5.89. The van der Waals surface area contributed by atoms with Crippen molar-refractivity contribution in [2.24, 2.45) is 11.7 Å². The molecule has 1 atom stereocenters. The number of hydrogen-bond acceptors (Lipinski definition) is 2. The first-order valence-corrected chi connectivity index (χ1v) is 8.19. The number of hydrogen-bond donors (Lipinski definition) is 1. The highest BCUT2D eigenvalue weighted by Gasteiger charge is 2.08. The van der Waals surface area contributed by atoms with Crippen molar-refractivity contribution in [3.8, 4) is 5.75 Å². The van der Waals surface area contributed by atoms with E-state index in [1.54, 1.807) is 0 Å². The largest absolute Gasteiger partial charge is 0.494 e. The molecule has 1 unspecified atom stereocenters. The third-order valence-corrected chi connectivity index (χ3v) is 4.07. The standard InChI is InChI=1S/C18H22BrNO/c19-17-10-8-15(9-11-17)13-16(14-20)5-4-12-21-18-6-2-1-3-7-18/h1-3,6-11,16H,4-5,12-14,20H2. The average Bonchev–Trinajstić information content (AvgIpc) is 2.53. The van der Waals surface area contributed by atoms with Gasteiger partial charge >= 0.3 is 0 Å².